The highest BCUT2D eigenvalue weighted by Crippen LogP contribution is 2.27. The number of rotatable bonds is 7. The summed E-state index contributed by atoms with van der Waals surface area (Å²) in [6.45, 7) is 0.257. The average molecular weight is 337 g/mol. The molecule has 2 aromatic carbocycles. The first-order valence-electron chi connectivity index (χ1n) is 7.14. The molecule has 1 amide bonds. The SMILES string of the molecule is COc1cccc(OC)c1C(=O)NCCOc1ccc(F)c(F)c1. The Balaban J connectivity index is 1.93. The Bertz CT molecular complexity index is 699. The van der Waals surface area contributed by atoms with Crippen LogP contribution in [0.1, 0.15) is 10.4 Å². The molecule has 24 heavy (non-hydrogen) atoms. The number of carbonyl (C=O) groups excluding carboxylic acids is 1. The maximum Gasteiger partial charge on any atom is 0.258 e. The molecule has 5 nitrogen and oxygen atoms in total. The highest BCUT2D eigenvalue weighted by molar-refractivity contribution is 5.99. The highest BCUT2D eigenvalue weighted by Gasteiger charge is 2.17. The number of halogens is 2. The van der Waals surface area contributed by atoms with Crippen molar-refractivity contribution in [3.8, 4) is 17.2 Å². The summed E-state index contributed by atoms with van der Waals surface area (Å²) in [4.78, 5) is 12.3. The van der Waals surface area contributed by atoms with Crippen LogP contribution in [0.2, 0.25) is 0 Å². The minimum absolute atomic E-state index is 0.0915. The zero-order valence-corrected chi connectivity index (χ0v) is 13.3. The van der Waals surface area contributed by atoms with Crippen molar-refractivity contribution in [3.63, 3.8) is 0 Å². The third kappa shape index (κ3) is 4.13. The third-order valence-electron chi connectivity index (χ3n) is 3.20. The van der Waals surface area contributed by atoms with Crippen molar-refractivity contribution < 1.29 is 27.8 Å². The topological polar surface area (TPSA) is 56.8 Å². The quantitative estimate of drug-likeness (QED) is 0.790. The Morgan fingerprint density at radius 1 is 1.04 bits per heavy atom. The second kappa shape index (κ2) is 8.14. The number of ether oxygens (including phenoxy) is 3. The molecule has 0 saturated carbocycles. The van der Waals surface area contributed by atoms with Crippen molar-refractivity contribution in [2.24, 2.45) is 0 Å². The molecular weight excluding hydrogens is 320 g/mol. The van der Waals surface area contributed by atoms with Crippen LogP contribution in [0.3, 0.4) is 0 Å². The van der Waals surface area contributed by atoms with Crippen LogP contribution in [-0.2, 0) is 0 Å². The molecule has 0 bridgehead atoms. The number of methoxy groups -OCH3 is 2. The van der Waals surface area contributed by atoms with Crippen molar-refractivity contribution in [1.82, 2.24) is 5.32 Å². The Labute approximate surface area is 138 Å². The molecule has 7 heteroatoms. The van der Waals surface area contributed by atoms with E-state index in [9.17, 15) is 13.6 Å². The minimum Gasteiger partial charge on any atom is -0.496 e. The molecule has 0 saturated heterocycles. The van der Waals surface area contributed by atoms with Gasteiger partial charge >= 0.3 is 0 Å². The number of hydrogen-bond donors (Lipinski definition) is 1. The first-order valence-corrected chi connectivity index (χ1v) is 7.14. The Morgan fingerprint density at radius 3 is 2.29 bits per heavy atom. The van der Waals surface area contributed by atoms with Crippen LogP contribution in [-0.4, -0.2) is 33.3 Å². The monoisotopic (exact) mass is 337 g/mol. The molecule has 0 spiro atoms. The van der Waals surface area contributed by atoms with Crippen LogP contribution in [0.15, 0.2) is 36.4 Å². The predicted octanol–water partition coefficient (Wildman–Crippen LogP) is 2.79. The van der Waals surface area contributed by atoms with E-state index in [1.54, 1.807) is 18.2 Å². The van der Waals surface area contributed by atoms with E-state index in [0.29, 0.717) is 11.5 Å². The zero-order valence-electron chi connectivity index (χ0n) is 13.3. The van der Waals surface area contributed by atoms with Crippen molar-refractivity contribution in [2.45, 2.75) is 0 Å². The lowest BCUT2D eigenvalue weighted by Gasteiger charge is -2.13. The molecular formula is C17H17F2NO4. The normalized spacial score (nSPS) is 10.2. The van der Waals surface area contributed by atoms with E-state index in [1.165, 1.54) is 20.3 Å². The zero-order chi connectivity index (χ0) is 17.5. The van der Waals surface area contributed by atoms with E-state index in [4.69, 9.17) is 14.2 Å². The molecule has 2 aromatic rings. The largest absolute Gasteiger partial charge is 0.496 e. The standard InChI is InChI=1S/C17H17F2NO4/c1-22-14-4-3-5-15(23-2)16(14)17(21)20-8-9-24-11-6-7-12(18)13(19)10-11/h3-7,10H,8-9H2,1-2H3,(H,20,21). The summed E-state index contributed by atoms with van der Waals surface area (Å²) < 4.78 is 41.4. The van der Waals surface area contributed by atoms with Crippen molar-refractivity contribution >= 4 is 5.91 Å². The van der Waals surface area contributed by atoms with Gasteiger partial charge in [0.2, 0.25) is 0 Å². The summed E-state index contributed by atoms with van der Waals surface area (Å²) in [6, 6.07) is 8.23. The van der Waals surface area contributed by atoms with E-state index < -0.39 is 17.5 Å². The summed E-state index contributed by atoms with van der Waals surface area (Å²) in [7, 11) is 2.91. The van der Waals surface area contributed by atoms with Gasteiger partial charge in [0, 0.05) is 6.07 Å². The summed E-state index contributed by atoms with van der Waals surface area (Å²) in [5.41, 5.74) is 0.273. The number of hydrogen-bond acceptors (Lipinski definition) is 4. The predicted molar refractivity (Wildman–Crippen MR) is 83.7 cm³/mol. The van der Waals surface area contributed by atoms with Gasteiger partial charge < -0.3 is 19.5 Å². The smallest absolute Gasteiger partial charge is 0.258 e. The van der Waals surface area contributed by atoms with Crippen LogP contribution in [0, 0.1) is 11.6 Å². The van der Waals surface area contributed by atoms with Crippen LogP contribution in [0.5, 0.6) is 17.2 Å². The van der Waals surface area contributed by atoms with Gasteiger partial charge in [0.1, 0.15) is 29.4 Å². The van der Waals surface area contributed by atoms with Crippen molar-refractivity contribution in [3.05, 3.63) is 53.6 Å². The first kappa shape index (κ1) is 17.5. The van der Waals surface area contributed by atoms with Gasteiger partial charge in [-0.3, -0.25) is 4.79 Å². The van der Waals surface area contributed by atoms with Gasteiger partial charge in [0.15, 0.2) is 11.6 Å². The summed E-state index contributed by atoms with van der Waals surface area (Å²) in [5, 5.41) is 2.65. The summed E-state index contributed by atoms with van der Waals surface area (Å²) in [6.07, 6.45) is 0. The molecule has 0 aliphatic carbocycles. The molecule has 2 rings (SSSR count). The summed E-state index contributed by atoms with van der Waals surface area (Å²) >= 11 is 0. The van der Waals surface area contributed by atoms with Gasteiger partial charge in [0.25, 0.3) is 5.91 Å². The molecule has 0 aliphatic heterocycles. The molecule has 0 aromatic heterocycles. The fraction of sp³-hybridized carbons (Fsp3) is 0.235. The Hall–Kier alpha value is -2.83. The number of carbonyl (C=O) groups is 1. The van der Waals surface area contributed by atoms with Crippen LogP contribution < -0.4 is 19.5 Å². The van der Waals surface area contributed by atoms with Gasteiger partial charge in [-0.1, -0.05) is 6.07 Å². The maximum absolute atomic E-state index is 13.1. The summed E-state index contributed by atoms with van der Waals surface area (Å²) in [5.74, 6) is -1.38. The molecule has 1 N–H and O–H groups in total. The molecule has 0 aliphatic rings. The van der Waals surface area contributed by atoms with Gasteiger partial charge in [-0.05, 0) is 24.3 Å². The third-order valence-corrected chi connectivity index (χ3v) is 3.20. The molecule has 128 valence electrons. The van der Waals surface area contributed by atoms with Gasteiger partial charge in [0.05, 0.1) is 20.8 Å². The highest BCUT2D eigenvalue weighted by atomic mass is 19.2. The van der Waals surface area contributed by atoms with Crippen LogP contribution >= 0.6 is 0 Å². The van der Waals surface area contributed by atoms with Crippen molar-refractivity contribution in [2.75, 3.05) is 27.4 Å². The lowest BCUT2D eigenvalue weighted by Crippen LogP contribution is -2.28. The molecule has 0 unspecified atom stereocenters. The van der Waals surface area contributed by atoms with Crippen LogP contribution in [0.4, 0.5) is 8.78 Å². The molecule has 0 radical (unpaired) electrons. The average Bonchev–Trinajstić information content (AvgIpc) is 2.60. The van der Waals surface area contributed by atoms with Crippen LogP contribution in [0.25, 0.3) is 0 Å². The second-order valence-corrected chi connectivity index (χ2v) is 4.72. The molecule has 0 atom stereocenters. The van der Waals surface area contributed by atoms with Gasteiger partial charge in [-0.2, -0.15) is 0 Å². The van der Waals surface area contributed by atoms with Crippen molar-refractivity contribution in [1.29, 1.82) is 0 Å². The fourth-order valence-electron chi connectivity index (χ4n) is 2.06. The second-order valence-electron chi connectivity index (χ2n) is 4.72. The van der Waals surface area contributed by atoms with E-state index in [2.05, 4.69) is 5.32 Å². The lowest BCUT2D eigenvalue weighted by molar-refractivity contribution is 0.0940. The molecule has 0 heterocycles. The number of benzene rings is 2. The Kier molecular flexibility index (Phi) is 5.95. The van der Waals surface area contributed by atoms with E-state index >= 15 is 0 Å². The van der Waals surface area contributed by atoms with E-state index in [-0.39, 0.29) is 24.5 Å². The Morgan fingerprint density at radius 2 is 1.71 bits per heavy atom. The lowest BCUT2D eigenvalue weighted by atomic mass is 10.1. The minimum atomic E-state index is -0.990. The first-order chi connectivity index (χ1) is 11.6. The van der Waals surface area contributed by atoms with Gasteiger partial charge in [-0.15, -0.1) is 0 Å². The fourth-order valence-corrected chi connectivity index (χ4v) is 2.06. The maximum atomic E-state index is 13.1. The molecule has 0 fully saturated rings. The number of amides is 1. The van der Waals surface area contributed by atoms with E-state index in [1.807, 2.05) is 0 Å². The number of nitrogens with one attached hydrogen (secondary N) is 1. The van der Waals surface area contributed by atoms with Gasteiger partial charge in [-0.25, -0.2) is 8.78 Å². The van der Waals surface area contributed by atoms with E-state index in [0.717, 1.165) is 12.1 Å².